The normalized spacial score (nSPS) is 21.6. The molecule has 20 heavy (non-hydrogen) atoms. The summed E-state index contributed by atoms with van der Waals surface area (Å²) in [6, 6.07) is 6.40. The number of methoxy groups -OCH3 is 1. The number of carbonyl (C=O) groups is 1. The molecule has 1 aromatic carbocycles. The minimum absolute atomic E-state index is 0.102. The van der Waals surface area contributed by atoms with Crippen LogP contribution in [0.5, 0.6) is 0 Å². The molecule has 0 amide bonds. The minimum Gasteiger partial charge on any atom is -0.481 e. The number of carboxylic acids is 1. The molecular weight excluding hydrogens is 282 g/mol. The van der Waals surface area contributed by atoms with E-state index in [9.17, 15) is 13.2 Å². The molecule has 1 aliphatic carbocycles. The standard InChI is InChI=1S/C13H17NO5S/c1-19-8-9-2-4-11(5-3-9)20(17,18)14-7-10-6-12(10)13(15)16/h2-5,10,12,14H,6-8H2,1H3,(H,15,16)/t10-,12-/m0/s1. The van der Waals surface area contributed by atoms with Crippen molar-refractivity contribution in [1.82, 2.24) is 4.72 Å². The van der Waals surface area contributed by atoms with Gasteiger partial charge < -0.3 is 9.84 Å². The van der Waals surface area contributed by atoms with Crippen molar-refractivity contribution < 1.29 is 23.1 Å². The third-order valence-corrected chi connectivity index (χ3v) is 4.76. The van der Waals surface area contributed by atoms with Crippen LogP contribution in [0.25, 0.3) is 0 Å². The molecule has 0 radical (unpaired) electrons. The van der Waals surface area contributed by atoms with Crippen molar-refractivity contribution >= 4 is 16.0 Å². The zero-order valence-electron chi connectivity index (χ0n) is 11.1. The maximum Gasteiger partial charge on any atom is 0.306 e. The van der Waals surface area contributed by atoms with Gasteiger partial charge in [-0.2, -0.15) is 0 Å². The average molecular weight is 299 g/mol. The van der Waals surface area contributed by atoms with Crippen molar-refractivity contribution in [3.8, 4) is 0 Å². The lowest BCUT2D eigenvalue weighted by atomic mass is 10.2. The summed E-state index contributed by atoms with van der Waals surface area (Å²) in [6.07, 6.45) is 0.532. The van der Waals surface area contributed by atoms with Gasteiger partial charge in [-0.3, -0.25) is 4.79 Å². The van der Waals surface area contributed by atoms with Crippen LogP contribution in [-0.4, -0.2) is 33.1 Å². The molecule has 7 heteroatoms. The molecule has 2 rings (SSSR count). The second-order valence-electron chi connectivity index (χ2n) is 4.87. The molecule has 1 saturated carbocycles. The van der Waals surface area contributed by atoms with Gasteiger partial charge in [0.1, 0.15) is 0 Å². The van der Waals surface area contributed by atoms with Gasteiger partial charge in [-0.15, -0.1) is 0 Å². The highest BCUT2D eigenvalue weighted by Gasteiger charge is 2.43. The van der Waals surface area contributed by atoms with E-state index in [0.717, 1.165) is 5.56 Å². The van der Waals surface area contributed by atoms with Crippen LogP contribution in [-0.2, 0) is 26.2 Å². The Balaban J connectivity index is 1.94. The van der Waals surface area contributed by atoms with Crippen LogP contribution in [0.1, 0.15) is 12.0 Å². The first kappa shape index (κ1) is 15.0. The molecule has 0 saturated heterocycles. The molecule has 6 nitrogen and oxygen atoms in total. The van der Waals surface area contributed by atoms with E-state index in [0.29, 0.717) is 13.0 Å². The number of nitrogens with one attached hydrogen (secondary N) is 1. The average Bonchev–Trinajstić information content (AvgIpc) is 3.17. The maximum absolute atomic E-state index is 12.0. The van der Waals surface area contributed by atoms with Gasteiger partial charge in [-0.1, -0.05) is 12.1 Å². The Hall–Kier alpha value is -1.44. The van der Waals surface area contributed by atoms with E-state index in [1.54, 1.807) is 19.2 Å². The number of hydrogen-bond donors (Lipinski definition) is 2. The fourth-order valence-electron chi connectivity index (χ4n) is 2.01. The summed E-state index contributed by atoms with van der Waals surface area (Å²) >= 11 is 0. The van der Waals surface area contributed by atoms with Gasteiger partial charge in [-0.25, -0.2) is 13.1 Å². The Bertz CT molecular complexity index is 581. The zero-order chi connectivity index (χ0) is 14.8. The summed E-state index contributed by atoms with van der Waals surface area (Å²) in [5, 5.41) is 8.76. The number of sulfonamides is 1. The van der Waals surface area contributed by atoms with Crippen molar-refractivity contribution in [3.05, 3.63) is 29.8 Å². The summed E-state index contributed by atoms with van der Waals surface area (Å²) in [5.74, 6) is -1.38. The van der Waals surface area contributed by atoms with E-state index in [1.807, 2.05) is 0 Å². The summed E-state index contributed by atoms with van der Waals surface area (Å²) < 4.78 is 31.4. The molecule has 110 valence electrons. The Labute approximate surface area is 117 Å². The summed E-state index contributed by atoms with van der Waals surface area (Å²) in [5.41, 5.74) is 0.889. The summed E-state index contributed by atoms with van der Waals surface area (Å²) in [4.78, 5) is 10.8. The largest absolute Gasteiger partial charge is 0.481 e. The molecule has 0 heterocycles. The van der Waals surface area contributed by atoms with Gasteiger partial charge in [-0.05, 0) is 30.0 Å². The topological polar surface area (TPSA) is 92.7 Å². The lowest BCUT2D eigenvalue weighted by Crippen LogP contribution is -2.26. The van der Waals surface area contributed by atoms with Crippen LogP contribution in [0.4, 0.5) is 0 Å². The van der Waals surface area contributed by atoms with Crippen molar-refractivity contribution in [2.24, 2.45) is 11.8 Å². The van der Waals surface area contributed by atoms with Gasteiger partial charge in [0.2, 0.25) is 10.0 Å². The number of carboxylic acid groups (broad SMARTS) is 1. The second-order valence-corrected chi connectivity index (χ2v) is 6.64. The monoisotopic (exact) mass is 299 g/mol. The number of rotatable bonds is 7. The highest BCUT2D eigenvalue weighted by atomic mass is 32.2. The fourth-order valence-corrected chi connectivity index (χ4v) is 3.10. The Morgan fingerprint density at radius 2 is 2.05 bits per heavy atom. The summed E-state index contributed by atoms with van der Waals surface area (Å²) in [6.45, 7) is 0.593. The second kappa shape index (κ2) is 5.90. The lowest BCUT2D eigenvalue weighted by Gasteiger charge is -2.07. The van der Waals surface area contributed by atoms with E-state index in [-0.39, 0.29) is 17.4 Å². The van der Waals surface area contributed by atoms with Crippen molar-refractivity contribution in [2.75, 3.05) is 13.7 Å². The number of aliphatic carboxylic acids is 1. The third kappa shape index (κ3) is 3.56. The molecule has 0 aliphatic heterocycles. The molecule has 0 bridgehead atoms. The van der Waals surface area contributed by atoms with Crippen LogP contribution in [0.15, 0.2) is 29.2 Å². The van der Waals surface area contributed by atoms with Crippen molar-refractivity contribution in [2.45, 2.75) is 17.9 Å². The van der Waals surface area contributed by atoms with Crippen LogP contribution in [0, 0.1) is 11.8 Å². The number of benzene rings is 1. The Morgan fingerprint density at radius 1 is 1.40 bits per heavy atom. The predicted octanol–water partition coefficient (Wildman–Crippen LogP) is 0.832. The van der Waals surface area contributed by atoms with Gasteiger partial charge in [0.25, 0.3) is 0 Å². The van der Waals surface area contributed by atoms with E-state index >= 15 is 0 Å². The smallest absolute Gasteiger partial charge is 0.306 e. The number of ether oxygens (including phenoxy) is 1. The first-order valence-electron chi connectivity index (χ1n) is 6.24. The van der Waals surface area contributed by atoms with Crippen LogP contribution in [0.2, 0.25) is 0 Å². The number of hydrogen-bond acceptors (Lipinski definition) is 4. The quantitative estimate of drug-likeness (QED) is 0.778. The Morgan fingerprint density at radius 3 is 2.55 bits per heavy atom. The molecular formula is C13H17NO5S. The predicted molar refractivity (Wildman–Crippen MR) is 71.6 cm³/mol. The minimum atomic E-state index is -3.58. The van der Waals surface area contributed by atoms with E-state index < -0.39 is 21.9 Å². The van der Waals surface area contributed by atoms with Gasteiger partial charge in [0, 0.05) is 13.7 Å². The molecule has 0 unspecified atom stereocenters. The molecule has 2 N–H and O–H groups in total. The first-order valence-corrected chi connectivity index (χ1v) is 7.72. The van der Waals surface area contributed by atoms with Crippen LogP contribution in [0.3, 0.4) is 0 Å². The molecule has 0 aromatic heterocycles. The SMILES string of the molecule is COCc1ccc(S(=O)(=O)NC[C@@H]2C[C@@H]2C(=O)O)cc1. The van der Waals surface area contributed by atoms with Gasteiger partial charge in [0.05, 0.1) is 17.4 Å². The fraction of sp³-hybridized carbons (Fsp3) is 0.462. The molecule has 1 aliphatic rings. The first-order chi connectivity index (χ1) is 9.44. The molecule has 2 atom stereocenters. The molecule has 0 spiro atoms. The van der Waals surface area contributed by atoms with Gasteiger partial charge >= 0.3 is 5.97 Å². The third-order valence-electron chi connectivity index (χ3n) is 3.32. The molecule has 1 fully saturated rings. The summed E-state index contributed by atoms with van der Waals surface area (Å²) in [7, 11) is -2.01. The van der Waals surface area contributed by atoms with Crippen LogP contribution < -0.4 is 4.72 Å². The van der Waals surface area contributed by atoms with E-state index in [4.69, 9.17) is 9.84 Å². The molecule has 1 aromatic rings. The maximum atomic E-state index is 12.0. The Kier molecular flexibility index (Phi) is 4.42. The highest BCUT2D eigenvalue weighted by Crippen LogP contribution is 2.38. The van der Waals surface area contributed by atoms with Gasteiger partial charge in [0.15, 0.2) is 0 Å². The zero-order valence-corrected chi connectivity index (χ0v) is 11.9. The van der Waals surface area contributed by atoms with E-state index in [2.05, 4.69) is 4.72 Å². The highest BCUT2D eigenvalue weighted by molar-refractivity contribution is 7.89. The van der Waals surface area contributed by atoms with E-state index in [1.165, 1.54) is 12.1 Å². The van der Waals surface area contributed by atoms with Crippen molar-refractivity contribution in [3.63, 3.8) is 0 Å². The van der Waals surface area contributed by atoms with Crippen LogP contribution >= 0.6 is 0 Å². The lowest BCUT2D eigenvalue weighted by molar-refractivity contribution is -0.138. The van der Waals surface area contributed by atoms with Crippen molar-refractivity contribution in [1.29, 1.82) is 0 Å².